The fourth-order valence-corrected chi connectivity index (χ4v) is 3.03. The number of H-pyrrole nitrogens is 1. The molecule has 0 aliphatic rings. The highest BCUT2D eigenvalue weighted by Gasteiger charge is 2.14. The molecule has 22 heavy (non-hydrogen) atoms. The van der Waals surface area contributed by atoms with Crippen LogP contribution in [0.3, 0.4) is 0 Å². The Morgan fingerprint density at radius 1 is 1.23 bits per heavy atom. The first-order valence-electron chi connectivity index (χ1n) is 6.24. The molecule has 0 saturated carbocycles. The number of nitro benzene ring substituents is 1. The molecule has 108 valence electrons. The van der Waals surface area contributed by atoms with E-state index in [9.17, 15) is 14.9 Å². The number of fused-ring (bicyclic) bond motifs is 3. The van der Waals surface area contributed by atoms with Crippen molar-refractivity contribution in [1.82, 2.24) is 19.6 Å². The molecule has 0 aliphatic carbocycles. The smallest absolute Gasteiger partial charge is 0.304 e. The second kappa shape index (κ2) is 4.46. The summed E-state index contributed by atoms with van der Waals surface area (Å²) in [6.45, 7) is 0. The van der Waals surface area contributed by atoms with Crippen molar-refractivity contribution in [2.24, 2.45) is 0 Å². The highest BCUT2D eigenvalue weighted by atomic mass is 32.1. The number of non-ortho nitro benzene ring substituents is 1. The number of thiophene rings is 1. The Morgan fingerprint density at radius 2 is 2.00 bits per heavy atom. The van der Waals surface area contributed by atoms with Crippen LogP contribution in [0.25, 0.3) is 27.3 Å². The fourth-order valence-electron chi connectivity index (χ4n) is 2.20. The minimum Gasteiger partial charge on any atom is -0.304 e. The quantitative estimate of drug-likeness (QED) is 0.451. The van der Waals surface area contributed by atoms with Crippen molar-refractivity contribution < 1.29 is 4.92 Å². The predicted molar refractivity (Wildman–Crippen MR) is 81.1 cm³/mol. The zero-order chi connectivity index (χ0) is 15.3. The van der Waals surface area contributed by atoms with E-state index in [4.69, 9.17) is 0 Å². The summed E-state index contributed by atoms with van der Waals surface area (Å²) in [4.78, 5) is 29.3. The Bertz CT molecular complexity index is 1080. The topological polar surface area (TPSA) is 106 Å². The molecule has 9 heteroatoms. The maximum absolute atomic E-state index is 12.0. The number of hydrogen-bond acceptors (Lipinski definition) is 6. The summed E-state index contributed by atoms with van der Waals surface area (Å²) >= 11 is 1.46. The molecule has 4 aromatic rings. The molecule has 0 amide bonds. The highest BCUT2D eigenvalue weighted by Crippen LogP contribution is 2.24. The van der Waals surface area contributed by atoms with Gasteiger partial charge in [-0.05, 0) is 23.6 Å². The average Bonchev–Trinajstić information content (AvgIpc) is 3.13. The number of aromatic amines is 1. The van der Waals surface area contributed by atoms with Gasteiger partial charge in [-0.3, -0.25) is 10.1 Å². The fraction of sp³-hybridized carbons (Fsp3) is 0. The van der Waals surface area contributed by atoms with Crippen LogP contribution in [0, 0.1) is 10.1 Å². The number of aromatic nitrogens is 4. The van der Waals surface area contributed by atoms with E-state index in [0.717, 1.165) is 4.70 Å². The summed E-state index contributed by atoms with van der Waals surface area (Å²) in [5.41, 5.74) is 1.42. The lowest BCUT2D eigenvalue weighted by atomic mass is 10.2. The first-order chi connectivity index (χ1) is 10.6. The van der Waals surface area contributed by atoms with Crippen LogP contribution in [0.15, 0.2) is 40.5 Å². The van der Waals surface area contributed by atoms with E-state index in [1.54, 1.807) is 12.1 Å². The molecule has 3 heterocycles. The molecule has 0 aliphatic heterocycles. The third-order valence-electron chi connectivity index (χ3n) is 3.25. The molecule has 0 saturated heterocycles. The van der Waals surface area contributed by atoms with Crippen molar-refractivity contribution in [2.45, 2.75) is 0 Å². The van der Waals surface area contributed by atoms with Gasteiger partial charge in [-0.1, -0.05) is 0 Å². The summed E-state index contributed by atoms with van der Waals surface area (Å²) in [5.74, 6) is 0.348. The Hall–Kier alpha value is -3.07. The first kappa shape index (κ1) is 12.7. The van der Waals surface area contributed by atoms with E-state index in [2.05, 4.69) is 15.1 Å². The molecule has 0 spiro atoms. The normalized spacial score (nSPS) is 11.3. The summed E-state index contributed by atoms with van der Waals surface area (Å²) in [6, 6.07) is 7.69. The standard InChI is InChI=1S/C13H7N5O3S/c19-13-14-9-5-6-22-10(9)12-15-11(16-17(12)13)7-1-3-8(4-2-7)18(20)21/h1-6H,(H,14,19). The van der Waals surface area contributed by atoms with E-state index in [-0.39, 0.29) is 11.4 Å². The summed E-state index contributed by atoms with van der Waals surface area (Å²) in [5, 5.41) is 16.7. The van der Waals surface area contributed by atoms with Gasteiger partial charge < -0.3 is 4.98 Å². The summed E-state index contributed by atoms with van der Waals surface area (Å²) in [6.07, 6.45) is 0. The molecule has 1 aromatic carbocycles. The zero-order valence-electron chi connectivity index (χ0n) is 10.9. The van der Waals surface area contributed by atoms with Crippen molar-refractivity contribution in [2.75, 3.05) is 0 Å². The van der Waals surface area contributed by atoms with Crippen molar-refractivity contribution in [1.29, 1.82) is 0 Å². The van der Waals surface area contributed by atoms with Gasteiger partial charge >= 0.3 is 5.69 Å². The maximum atomic E-state index is 12.0. The van der Waals surface area contributed by atoms with E-state index in [1.807, 2.05) is 11.4 Å². The molecule has 8 nitrogen and oxygen atoms in total. The van der Waals surface area contributed by atoms with Gasteiger partial charge in [-0.25, -0.2) is 9.78 Å². The molecule has 0 bridgehead atoms. The van der Waals surface area contributed by atoms with Crippen LogP contribution in [-0.2, 0) is 0 Å². The molecule has 0 radical (unpaired) electrons. The van der Waals surface area contributed by atoms with Gasteiger partial charge in [0.05, 0.1) is 15.1 Å². The summed E-state index contributed by atoms with van der Waals surface area (Å²) in [7, 11) is 0. The Kier molecular flexibility index (Phi) is 2.57. The van der Waals surface area contributed by atoms with Gasteiger partial charge in [-0.15, -0.1) is 16.4 Å². The van der Waals surface area contributed by atoms with Crippen molar-refractivity contribution in [3.8, 4) is 11.4 Å². The van der Waals surface area contributed by atoms with Crippen LogP contribution in [0.1, 0.15) is 0 Å². The third-order valence-corrected chi connectivity index (χ3v) is 4.16. The van der Waals surface area contributed by atoms with Gasteiger partial charge in [0, 0.05) is 17.7 Å². The van der Waals surface area contributed by atoms with E-state index in [0.29, 0.717) is 22.6 Å². The van der Waals surface area contributed by atoms with Crippen molar-refractivity contribution >= 4 is 32.9 Å². The molecular weight excluding hydrogens is 306 g/mol. The monoisotopic (exact) mass is 313 g/mol. The molecule has 1 N–H and O–H groups in total. The second-order valence-corrected chi connectivity index (χ2v) is 5.48. The van der Waals surface area contributed by atoms with Crippen LogP contribution < -0.4 is 5.69 Å². The molecule has 0 fully saturated rings. The lowest BCUT2D eigenvalue weighted by Gasteiger charge is -1.94. The van der Waals surface area contributed by atoms with Crippen LogP contribution in [0.4, 0.5) is 5.69 Å². The highest BCUT2D eigenvalue weighted by molar-refractivity contribution is 7.17. The maximum Gasteiger partial charge on any atom is 0.348 e. The zero-order valence-corrected chi connectivity index (χ0v) is 11.7. The van der Waals surface area contributed by atoms with E-state index < -0.39 is 4.92 Å². The third kappa shape index (κ3) is 1.79. The lowest BCUT2D eigenvalue weighted by Crippen LogP contribution is -2.16. The van der Waals surface area contributed by atoms with Crippen LogP contribution in [0.5, 0.6) is 0 Å². The molecule has 4 rings (SSSR count). The average molecular weight is 313 g/mol. The van der Waals surface area contributed by atoms with Crippen molar-refractivity contribution in [3.63, 3.8) is 0 Å². The number of hydrogen-bond donors (Lipinski definition) is 1. The molecular formula is C13H7N5O3S. The minimum atomic E-state index is -0.471. The van der Waals surface area contributed by atoms with E-state index >= 15 is 0 Å². The number of nitro groups is 1. The molecule has 0 atom stereocenters. The number of benzene rings is 1. The van der Waals surface area contributed by atoms with Gasteiger partial charge in [0.2, 0.25) is 0 Å². The largest absolute Gasteiger partial charge is 0.348 e. The Labute approximate surface area is 125 Å². The molecule has 0 unspecified atom stereocenters. The minimum absolute atomic E-state index is 0.00833. The predicted octanol–water partition coefficient (Wildman–Crippen LogP) is 2.21. The number of nitrogens with one attached hydrogen (secondary N) is 1. The first-order valence-corrected chi connectivity index (χ1v) is 7.12. The SMILES string of the molecule is O=c1[nH]c2ccsc2c2nc(-c3ccc([N+](=O)[O-])cc3)nn12. The van der Waals surface area contributed by atoms with Crippen LogP contribution in [-0.4, -0.2) is 24.5 Å². The van der Waals surface area contributed by atoms with Crippen LogP contribution >= 0.6 is 11.3 Å². The van der Waals surface area contributed by atoms with Gasteiger partial charge in [0.1, 0.15) is 0 Å². The Morgan fingerprint density at radius 3 is 2.73 bits per heavy atom. The number of rotatable bonds is 2. The van der Waals surface area contributed by atoms with Gasteiger partial charge in [0.15, 0.2) is 11.5 Å². The lowest BCUT2D eigenvalue weighted by molar-refractivity contribution is -0.384. The van der Waals surface area contributed by atoms with E-state index in [1.165, 1.54) is 28.0 Å². The summed E-state index contributed by atoms with van der Waals surface area (Å²) < 4.78 is 2.04. The Balaban J connectivity index is 1.94. The van der Waals surface area contributed by atoms with Gasteiger partial charge in [0.25, 0.3) is 5.69 Å². The van der Waals surface area contributed by atoms with Crippen LogP contribution in [0.2, 0.25) is 0 Å². The van der Waals surface area contributed by atoms with Crippen molar-refractivity contribution in [3.05, 3.63) is 56.3 Å². The molecule has 3 aromatic heterocycles. The number of nitrogens with zero attached hydrogens (tertiary/aromatic N) is 4. The van der Waals surface area contributed by atoms with Gasteiger partial charge in [-0.2, -0.15) is 4.52 Å². The second-order valence-electron chi connectivity index (χ2n) is 4.57.